The first-order chi connectivity index (χ1) is 8.26. The first kappa shape index (κ1) is 15.8. The Morgan fingerprint density at radius 3 is 2.11 bits per heavy atom. The van der Waals surface area contributed by atoms with E-state index in [4.69, 9.17) is 28.9 Å². The number of benzene rings is 1. The highest BCUT2D eigenvalue weighted by atomic mass is 35.5. The molecule has 0 spiro atoms. The Morgan fingerprint density at radius 2 is 1.72 bits per heavy atom. The lowest BCUT2D eigenvalue weighted by Gasteiger charge is -2.33. The predicted molar refractivity (Wildman–Crippen MR) is 80.3 cm³/mol. The number of halogens is 2. The van der Waals surface area contributed by atoms with Crippen LogP contribution >= 0.6 is 23.2 Å². The summed E-state index contributed by atoms with van der Waals surface area (Å²) in [5, 5.41) is 1.36. The molecule has 1 unspecified atom stereocenters. The van der Waals surface area contributed by atoms with Gasteiger partial charge in [0.15, 0.2) is 0 Å². The zero-order chi connectivity index (χ0) is 13.9. The quantitative estimate of drug-likeness (QED) is 0.908. The van der Waals surface area contributed by atoms with Gasteiger partial charge >= 0.3 is 0 Å². The minimum absolute atomic E-state index is 0.0467. The highest BCUT2D eigenvalue weighted by molar-refractivity contribution is 6.36. The second kappa shape index (κ2) is 6.25. The monoisotopic (exact) mass is 288 g/mol. The summed E-state index contributed by atoms with van der Waals surface area (Å²) in [4.78, 5) is 2.22. The van der Waals surface area contributed by atoms with E-state index in [9.17, 15) is 0 Å². The summed E-state index contributed by atoms with van der Waals surface area (Å²) < 4.78 is 0. The van der Waals surface area contributed by atoms with Gasteiger partial charge < -0.3 is 5.73 Å². The van der Waals surface area contributed by atoms with Crippen molar-refractivity contribution >= 4 is 23.2 Å². The number of hydrogen-bond donors (Lipinski definition) is 1. The van der Waals surface area contributed by atoms with E-state index in [2.05, 4.69) is 32.7 Å². The van der Waals surface area contributed by atoms with E-state index in [0.717, 1.165) is 12.1 Å². The molecule has 1 aromatic carbocycles. The third-order valence-corrected chi connectivity index (χ3v) is 3.47. The number of nitrogens with two attached hydrogens (primary N) is 1. The van der Waals surface area contributed by atoms with E-state index in [1.54, 1.807) is 0 Å². The minimum Gasteiger partial charge on any atom is -0.329 e. The topological polar surface area (TPSA) is 29.3 Å². The Kier molecular flexibility index (Phi) is 5.47. The third-order valence-electron chi connectivity index (χ3n) is 2.81. The van der Waals surface area contributed by atoms with E-state index in [0.29, 0.717) is 16.6 Å². The fraction of sp³-hybridized carbons (Fsp3) is 0.571. The molecule has 0 aromatic heterocycles. The van der Waals surface area contributed by atoms with Gasteiger partial charge in [0.2, 0.25) is 0 Å². The molecule has 0 saturated carbocycles. The molecular formula is C14H22Cl2N2. The molecule has 0 aliphatic rings. The van der Waals surface area contributed by atoms with Crippen molar-refractivity contribution in [2.45, 2.75) is 26.8 Å². The molecular weight excluding hydrogens is 267 g/mol. The van der Waals surface area contributed by atoms with Crippen LogP contribution in [0.2, 0.25) is 10.0 Å². The van der Waals surface area contributed by atoms with Gasteiger partial charge in [0, 0.05) is 34.7 Å². The second-order valence-corrected chi connectivity index (χ2v) is 6.68. The van der Waals surface area contributed by atoms with Gasteiger partial charge in [0.1, 0.15) is 0 Å². The second-order valence-electron chi connectivity index (χ2n) is 5.86. The third kappa shape index (κ3) is 4.13. The molecule has 0 heterocycles. The van der Waals surface area contributed by atoms with E-state index < -0.39 is 0 Å². The van der Waals surface area contributed by atoms with Crippen LogP contribution in [0.5, 0.6) is 0 Å². The van der Waals surface area contributed by atoms with Crippen LogP contribution in [0.4, 0.5) is 0 Å². The van der Waals surface area contributed by atoms with Crippen molar-refractivity contribution in [3.63, 3.8) is 0 Å². The van der Waals surface area contributed by atoms with Crippen molar-refractivity contribution < 1.29 is 0 Å². The van der Waals surface area contributed by atoms with E-state index in [1.165, 1.54) is 0 Å². The van der Waals surface area contributed by atoms with Gasteiger partial charge in [-0.25, -0.2) is 0 Å². The Morgan fingerprint density at radius 1 is 1.22 bits per heavy atom. The summed E-state index contributed by atoms with van der Waals surface area (Å²) in [6, 6.07) is 5.61. The average Bonchev–Trinajstić information content (AvgIpc) is 2.20. The average molecular weight is 289 g/mol. The van der Waals surface area contributed by atoms with Crippen molar-refractivity contribution in [1.82, 2.24) is 4.90 Å². The van der Waals surface area contributed by atoms with Crippen LogP contribution in [0.25, 0.3) is 0 Å². The van der Waals surface area contributed by atoms with E-state index in [-0.39, 0.29) is 11.5 Å². The molecule has 0 amide bonds. The fourth-order valence-corrected chi connectivity index (χ4v) is 2.85. The summed E-state index contributed by atoms with van der Waals surface area (Å²) in [5.41, 5.74) is 7.03. The molecule has 1 aromatic rings. The lowest BCUT2D eigenvalue weighted by atomic mass is 9.94. The largest absolute Gasteiger partial charge is 0.329 e. The minimum atomic E-state index is 0.0467. The van der Waals surface area contributed by atoms with Gasteiger partial charge in [-0.15, -0.1) is 0 Å². The normalized spacial score (nSPS) is 14.0. The molecule has 2 nitrogen and oxygen atoms in total. The van der Waals surface area contributed by atoms with Gasteiger partial charge in [-0.2, -0.15) is 0 Å². The number of rotatable bonds is 4. The van der Waals surface area contributed by atoms with Crippen LogP contribution in [0, 0.1) is 5.41 Å². The smallest absolute Gasteiger partial charge is 0.0497 e. The first-order valence-corrected chi connectivity index (χ1v) is 6.86. The van der Waals surface area contributed by atoms with Crippen LogP contribution < -0.4 is 5.73 Å². The molecule has 102 valence electrons. The van der Waals surface area contributed by atoms with Crippen molar-refractivity contribution in [2.75, 3.05) is 20.1 Å². The maximum atomic E-state index is 6.25. The Balaban J connectivity index is 3.03. The number of hydrogen-bond acceptors (Lipinski definition) is 2. The van der Waals surface area contributed by atoms with Gasteiger partial charge in [0.25, 0.3) is 0 Å². The summed E-state index contributed by atoms with van der Waals surface area (Å²) in [7, 11) is 2.06. The molecule has 0 saturated heterocycles. The van der Waals surface area contributed by atoms with Crippen molar-refractivity contribution in [3.8, 4) is 0 Å². The molecule has 2 N–H and O–H groups in total. The maximum absolute atomic E-state index is 6.25. The van der Waals surface area contributed by atoms with Crippen LogP contribution in [-0.2, 0) is 0 Å². The SMILES string of the molecule is CN(CC(C)(C)C)C(CN)c1c(Cl)cccc1Cl. The standard InChI is InChI=1S/C14H22Cl2N2/c1-14(2,3)9-18(4)12(8-17)13-10(15)6-5-7-11(13)16/h5-7,12H,8-9,17H2,1-4H3. The summed E-state index contributed by atoms with van der Waals surface area (Å²) >= 11 is 12.5. The molecule has 4 heteroatoms. The molecule has 1 rings (SSSR count). The molecule has 0 radical (unpaired) electrons. The molecule has 18 heavy (non-hydrogen) atoms. The van der Waals surface area contributed by atoms with Gasteiger partial charge in [-0.05, 0) is 24.6 Å². The first-order valence-electron chi connectivity index (χ1n) is 6.10. The van der Waals surface area contributed by atoms with Crippen LogP contribution in [-0.4, -0.2) is 25.0 Å². The van der Waals surface area contributed by atoms with Crippen LogP contribution in [0.15, 0.2) is 18.2 Å². The zero-order valence-electron chi connectivity index (χ0n) is 11.5. The van der Waals surface area contributed by atoms with Crippen molar-refractivity contribution in [1.29, 1.82) is 0 Å². The Hall–Kier alpha value is -0.280. The zero-order valence-corrected chi connectivity index (χ0v) is 13.0. The van der Waals surface area contributed by atoms with Crippen molar-refractivity contribution in [3.05, 3.63) is 33.8 Å². The lowest BCUT2D eigenvalue weighted by molar-refractivity contribution is 0.176. The molecule has 0 fully saturated rings. The fourth-order valence-electron chi connectivity index (χ4n) is 2.21. The number of likely N-dealkylation sites (N-methyl/N-ethyl adjacent to an activating group) is 1. The summed E-state index contributed by atoms with van der Waals surface area (Å²) in [6.07, 6.45) is 0. The molecule has 0 bridgehead atoms. The number of nitrogens with zero attached hydrogens (tertiary/aromatic N) is 1. The van der Waals surface area contributed by atoms with E-state index >= 15 is 0 Å². The molecule has 1 atom stereocenters. The lowest BCUT2D eigenvalue weighted by Crippen LogP contribution is -2.36. The van der Waals surface area contributed by atoms with Crippen molar-refractivity contribution in [2.24, 2.45) is 11.1 Å². The van der Waals surface area contributed by atoms with Crippen LogP contribution in [0.1, 0.15) is 32.4 Å². The Labute approximate surface area is 120 Å². The Bertz CT molecular complexity index is 379. The van der Waals surface area contributed by atoms with Gasteiger partial charge in [0.05, 0.1) is 0 Å². The van der Waals surface area contributed by atoms with E-state index in [1.807, 2.05) is 18.2 Å². The summed E-state index contributed by atoms with van der Waals surface area (Å²) in [5.74, 6) is 0. The maximum Gasteiger partial charge on any atom is 0.0497 e. The molecule has 0 aliphatic carbocycles. The highest BCUT2D eigenvalue weighted by Gasteiger charge is 2.24. The van der Waals surface area contributed by atoms with Gasteiger partial charge in [-0.3, -0.25) is 4.90 Å². The van der Waals surface area contributed by atoms with Crippen LogP contribution in [0.3, 0.4) is 0 Å². The predicted octanol–water partition coefficient (Wildman–Crippen LogP) is 3.97. The summed E-state index contributed by atoms with van der Waals surface area (Å²) in [6.45, 7) is 8.02. The molecule has 0 aliphatic heterocycles. The highest BCUT2D eigenvalue weighted by Crippen LogP contribution is 2.33. The van der Waals surface area contributed by atoms with Gasteiger partial charge in [-0.1, -0.05) is 50.0 Å².